The quantitative estimate of drug-likeness (QED) is 0.684. The molecule has 0 aromatic rings. The van der Waals surface area contributed by atoms with Gasteiger partial charge in [0.25, 0.3) is 0 Å². The van der Waals surface area contributed by atoms with Crippen LogP contribution in [0.15, 0.2) is 0 Å². The Labute approximate surface area is 119 Å². The van der Waals surface area contributed by atoms with Crippen LogP contribution in [-0.4, -0.2) is 36.6 Å². The van der Waals surface area contributed by atoms with Crippen molar-refractivity contribution in [1.82, 2.24) is 10.2 Å². The van der Waals surface area contributed by atoms with E-state index in [0.717, 1.165) is 25.8 Å². The molecule has 0 amide bonds. The molecule has 3 nitrogen and oxygen atoms in total. The van der Waals surface area contributed by atoms with Crippen LogP contribution in [-0.2, 0) is 0 Å². The van der Waals surface area contributed by atoms with Crippen molar-refractivity contribution in [3.63, 3.8) is 0 Å². The van der Waals surface area contributed by atoms with Crippen molar-refractivity contribution >= 4 is 0 Å². The minimum atomic E-state index is -0.266. The van der Waals surface area contributed by atoms with Gasteiger partial charge in [0, 0.05) is 6.04 Å². The average molecular weight is 265 g/mol. The molecule has 0 spiro atoms. The summed E-state index contributed by atoms with van der Waals surface area (Å²) >= 11 is 0. The molecule has 110 valence electrons. The summed E-state index contributed by atoms with van der Waals surface area (Å²) in [5.41, 5.74) is -0.266. The Kier molecular flexibility index (Phi) is 7.41. The molecule has 0 aliphatic heterocycles. The highest BCUT2D eigenvalue weighted by Gasteiger charge is 2.37. The van der Waals surface area contributed by atoms with Crippen molar-refractivity contribution in [2.45, 2.75) is 76.8 Å². The number of unbranched alkanes of at least 4 members (excludes halogenated alkanes) is 2. The summed E-state index contributed by atoms with van der Waals surface area (Å²) in [5.74, 6) is 0. The van der Waals surface area contributed by atoms with Crippen LogP contribution >= 0.6 is 0 Å². The maximum absolute atomic E-state index is 9.55. The number of nitriles is 1. The molecule has 0 aromatic carbocycles. The van der Waals surface area contributed by atoms with Crippen molar-refractivity contribution in [3.05, 3.63) is 0 Å². The maximum atomic E-state index is 9.55. The van der Waals surface area contributed by atoms with Gasteiger partial charge in [-0.3, -0.25) is 5.32 Å². The van der Waals surface area contributed by atoms with E-state index < -0.39 is 0 Å². The first-order chi connectivity index (χ1) is 9.17. The molecule has 0 bridgehead atoms. The van der Waals surface area contributed by atoms with Crippen molar-refractivity contribution in [2.75, 3.05) is 20.1 Å². The third-order valence-corrected chi connectivity index (χ3v) is 4.39. The fourth-order valence-electron chi connectivity index (χ4n) is 3.08. The number of hydrogen-bond donors (Lipinski definition) is 1. The van der Waals surface area contributed by atoms with Crippen LogP contribution in [0.1, 0.15) is 65.2 Å². The Morgan fingerprint density at radius 1 is 1.32 bits per heavy atom. The Bertz CT molecular complexity index is 284. The maximum Gasteiger partial charge on any atom is 0.108 e. The van der Waals surface area contributed by atoms with Gasteiger partial charge in [0.1, 0.15) is 5.54 Å². The zero-order chi connectivity index (χ0) is 14.1. The third-order valence-electron chi connectivity index (χ3n) is 4.39. The smallest absolute Gasteiger partial charge is 0.108 e. The van der Waals surface area contributed by atoms with Gasteiger partial charge in [0.05, 0.1) is 6.07 Å². The Morgan fingerprint density at radius 2 is 2.11 bits per heavy atom. The molecule has 0 aromatic heterocycles. The van der Waals surface area contributed by atoms with E-state index >= 15 is 0 Å². The normalized spacial score (nSPS) is 27.4. The highest BCUT2D eigenvalue weighted by molar-refractivity contribution is 5.11. The van der Waals surface area contributed by atoms with Gasteiger partial charge in [-0.25, -0.2) is 0 Å². The van der Waals surface area contributed by atoms with Crippen LogP contribution in [0.25, 0.3) is 0 Å². The first-order valence-electron chi connectivity index (χ1n) is 8.04. The standard InChI is InChI=1S/C16H31N3/c1-4-6-7-12-19(3)15-9-8-10-16(13-15,14-17)18-11-5-2/h15,18H,4-13H2,1-3H3. The lowest BCUT2D eigenvalue weighted by atomic mass is 9.79. The summed E-state index contributed by atoms with van der Waals surface area (Å²) in [6, 6.07) is 3.14. The SMILES string of the molecule is CCCCCN(C)C1CCCC(C#N)(NCCC)C1. The molecule has 2 unspecified atom stereocenters. The lowest BCUT2D eigenvalue weighted by molar-refractivity contribution is 0.142. The summed E-state index contributed by atoms with van der Waals surface area (Å²) in [6.07, 6.45) is 9.40. The second-order valence-corrected chi connectivity index (χ2v) is 6.06. The van der Waals surface area contributed by atoms with E-state index in [2.05, 4.69) is 37.2 Å². The molecular formula is C16H31N3. The zero-order valence-corrected chi connectivity index (χ0v) is 13.0. The minimum Gasteiger partial charge on any atom is -0.303 e. The summed E-state index contributed by atoms with van der Waals surface area (Å²) in [7, 11) is 2.23. The van der Waals surface area contributed by atoms with Crippen molar-refractivity contribution in [3.8, 4) is 6.07 Å². The largest absolute Gasteiger partial charge is 0.303 e. The Balaban J connectivity index is 2.49. The fourth-order valence-corrected chi connectivity index (χ4v) is 3.08. The highest BCUT2D eigenvalue weighted by atomic mass is 15.1. The Hall–Kier alpha value is -0.590. The Morgan fingerprint density at radius 3 is 2.74 bits per heavy atom. The van der Waals surface area contributed by atoms with Crippen LogP contribution in [0.2, 0.25) is 0 Å². The van der Waals surface area contributed by atoms with Crippen LogP contribution in [0, 0.1) is 11.3 Å². The fraction of sp³-hybridized carbons (Fsp3) is 0.938. The summed E-state index contributed by atoms with van der Waals surface area (Å²) in [6.45, 7) is 6.54. The van der Waals surface area contributed by atoms with E-state index in [4.69, 9.17) is 0 Å². The van der Waals surface area contributed by atoms with Gasteiger partial charge in [0.15, 0.2) is 0 Å². The van der Waals surface area contributed by atoms with Gasteiger partial charge >= 0.3 is 0 Å². The molecule has 0 saturated heterocycles. The summed E-state index contributed by atoms with van der Waals surface area (Å²) in [4.78, 5) is 2.48. The molecule has 0 heterocycles. The molecule has 3 heteroatoms. The third kappa shape index (κ3) is 5.12. The molecule has 1 aliphatic carbocycles. The summed E-state index contributed by atoms with van der Waals surface area (Å²) in [5, 5.41) is 13.0. The monoisotopic (exact) mass is 265 g/mol. The molecule has 1 N–H and O–H groups in total. The molecule has 1 fully saturated rings. The molecule has 1 rings (SSSR count). The van der Waals surface area contributed by atoms with E-state index in [1.165, 1.54) is 38.6 Å². The molecule has 19 heavy (non-hydrogen) atoms. The van der Waals surface area contributed by atoms with E-state index in [1.54, 1.807) is 0 Å². The van der Waals surface area contributed by atoms with Gasteiger partial charge in [-0.05, 0) is 58.7 Å². The lowest BCUT2D eigenvalue weighted by Gasteiger charge is -2.40. The van der Waals surface area contributed by atoms with Gasteiger partial charge in [-0.1, -0.05) is 26.7 Å². The van der Waals surface area contributed by atoms with Crippen LogP contribution in [0.3, 0.4) is 0 Å². The second kappa shape index (κ2) is 8.55. The van der Waals surface area contributed by atoms with Gasteiger partial charge < -0.3 is 4.90 Å². The van der Waals surface area contributed by atoms with Crippen molar-refractivity contribution < 1.29 is 0 Å². The van der Waals surface area contributed by atoms with Crippen LogP contribution in [0.5, 0.6) is 0 Å². The van der Waals surface area contributed by atoms with Gasteiger partial charge in [-0.15, -0.1) is 0 Å². The first kappa shape index (κ1) is 16.5. The van der Waals surface area contributed by atoms with Crippen LogP contribution in [0.4, 0.5) is 0 Å². The molecule has 2 atom stereocenters. The molecular weight excluding hydrogens is 234 g/mol. The van der Waals surface area contributed by atoms with Crippen molar-refractivity contribution in [2.24, 2.45) is 0 Å². The van der Waals surface area contributed by atoms with Crippen molar-refractivity contribution in [1.29, 1.82) is 5.26 Å². The predicted octanol–water partition coefficient (Wildman–Crippen LogP) is 3.31. The van der Waals surface area contributed by atoms with Crippen LogP contribution < -0.4 is 5.32 Å². The average Bonchev–Trinajstić information content (AvgIpc) is 2.45. The number of nitrogens with one attached hydrogen (secondary N) is 1. The van der Waals surface area contributed by atoms with E-state index in [0.29, 0.717) is 6.04 Å². The van der Waals surface area contributed by atoms with E-state index in [-0.39, 0.29) is 5.54 Å². The minimum absolute atomic E-state index is 0.266. The molecule has 1 aliphatic rings. The number of hydrogen-bond acceptors (Lipinski definition) is 3. The number of nitrogens with zero attached hydrogens (tertiary/aromatic N) is 2. The second-order valence-electron chi connectivity index (χ2n) is 6.06. The topological polar surface area (TPSA) is 39.1 Å². The van der Waals surface area contributed by atoms with E-state index in [1.807, 2.05) is 0 Å². The molecule has 0 radical (unpaired) electrons. The number of rotatable bonds is 8. The van der Waals surface area contributed by atoms with Gasteiger partial charge in [-0.2, -0.15) is 5.26 Å². The predicted molar refractivity (Wildman–Crippen MR) is 81.0 cm³/mol. The highest BCUT2D eigenvalue weighted by Crippen LogP contribution is 2.30. The lowest BCUT2D eigenvalue weighted by Crippen LogP contribution is -2.52. The van der Waals surface area contributed by atoms with Gasteiger partial charge in [0.2, 0.25) is 0 Å². The first-order valence-corrected chi connectivity index (χ1v) is 8.04. The molecule has 1 saturated carbocycles. The summed E-state index contributed by atoms with van der Waals surface area (Å²) < 4.78 is 0. The zero-order valence-electron chi connectivity index (χ0n) is 13.0. The van der Waals surface area contributed by atoms with E-state index in [9.17, 15) is 5.26 Å².